The van der Waals surface area contributed by atoms with Crippen LogP contribution in [0.5, 0.6) is 0 Å². The minimum Gasteiger partial charge on any atom is -0.348 e. The lowest BCUT2D eigenvalue weighted by molar-refractivity contribution is 0.0934. The maximum atomic E-state index is 12.6. The molecule has 25 heavy (non-hydrogen) atoms. The van der Waals surface area contributed by atoms with Gasteiger partial charge in [0, 0.05) is 23.5 Å². The summed E-state index contributed by atoms with van der Waals surface area (Å²) in [5.74, 6) is -0.231. The molecule has 5 heteroatoms. The molecule has 2 rings (SSSR count). The second-order valence-corrected chi connectivity index (χ2v) is 6.41. The van der Waals surface area contributed by atoms with Crippen LogP contribution in [0.1, 0.15) is 66.4 Å². The summed E-state index contributed by atoms with van der Waals surface area (Å²) in [6.07, 6.45) is 2.31. The Morgan fingerprint density at radius 3 is 2.48 bits per heavy atom. The minimum absolute atomic E-state index is 0.0599. The van der Waals surface area contributed by atoms with Crippen LogP contribution in [0.15, 0.2) is 42.6 Å². The van der Waals surface area contributed by atoms with Gasteiger partial charge in [-0.1, -0.05) is 39.0 Å². The van der Waals surface area contributed by atoms with Crippen LogP contribution < -0.4 is 10.6 Å². The molecule has 1 atom stereocenters. The second-order valence-electron chi connectivity index (χ2n) is 6.41. The van der Waals surface area contributed by atoms with Crippen molar-refractivity contribution < 1.29 is 9.59 Å². The lowest BCUT2D eigenvalue weighted by atomic mass is 10.0. The van der Waals surface area contributed by atoms with Crippen LogP contribution in [0.2, 0.25) is 0 Å². The summed E-state index contributed by atoms with van der Waals surface area (Å²) >= 11 is 0. The molecule has 0 spiro atoms. The minimum atomic E-state index is -0.272. The van der Waals surface area contributed by atoms with Crippen LogP contribution in [-0.2, 0) is 0 Å². The summed E-state index contributed by atoms with van der Waals surface area (Å²) in [5.41, 5.74) is 2.50. The maximum absolute atomic E-state index is 12.6. The van der Waals surface area contributed by atoms with E-state index in [0.717, 1.165) is 17.7 Å². The molecule has 0 aliphatic heterocycles. The van der Waals surface area contributed by atoms with Crippen LogP contribution >= 0.6 is 0 Å². The van der Waals surface area contributed by atoms with Crippen LogP contribution in [-0.4, -0.2) is 22.8 Å². The Kier molecular flexibility index (Phi) is 6.28. The number of anilines is 1. The highest BCUT2D eigenvalue weighted by Crippen LogP contribution is 2.24. The monoisotopic (exact) mass is 339 g/mol. The van der Waals surface area contributed by atoms with E-state index < -0.39 is 0 Å². The summed E-state index contributed by atoms with van der Waals surface area (Å²) in [4.78, 5) is 28.8. The van der Waals surface area contributed by atoms with Crippen molar-refractivity contribution in [2.75, 3.05) is 5.32 Å². The molecule has 0 bridgehead atoms. The number of nitrogens with one attached hydrogen (secondary N) is 2. The number of para-hydroxylation sites is 1. The van der Waals surface area contributed by atoms with E-state index in [4.69, 9.17) is 0 Å². The standard InChI is InChI=1S/C20H25N3O2/c1-5-14(4)22-20(25)18-12-15(10-11-21-18)19(24)23-17-9-7-6-8-16(17)13(2)3/h6-14H,5H2,1-4H3,(H,22,25)(H,23,24). The smallest absolute Gasteiger partial charge is 0.270 e. The Hall–Kier alpha value is -2.69. The molecule has 0 aliphatic carbocycles. The molecule has 1 aromatic carbocycles. The molecule has 1 aromatic heterocycles. The average Bonchev–Trinajstić information content (AvgIpc) is 2.61. The zero-order valence-corrected chi connectivity index (χ0v) is 15.2. The summed E-state index contributed by atoms with van der Waals surface area (Å²) in [5, 5.41) is 5.78. The summed E-state index contributed by atoms with van der Waals surface area (Å²) in [7, 11) is 0. The van der Waals surface area contributed by atoms with Crippen molar-refractivity contribution in [1.29, 1.82) is 0 Å². The molecule has 2 aromatic rings. The molecule has 0 aliphatic rings. The molecule has 2 amide bonds. The SMILES string of the molecule is CCC(C)NC(=O)c1cc(C(=O)Nc2ccccc2C(C)C)ccn1. The number of benzene rings is 1. The van der Waals surface area contributed by atoms with E-state index in [1.54, 1.807) is 6.07 Å². The van der Waals surface area contributed by atoms with E-state index in [2.05, 4.69) is 29.5 Å². The molecule has 5 nitrogen and oxygen atoms in total. The van der Waals surface area contributed by atoms with Gasteiger partial charge in [-0.05, 0) is 43.0 Å². The van der Waals surface area contributed by atoms with Gasteiger partial charge in [0.05, 0.1) is 0 Å². The van der Waals surface area contributed by atoms with Gasteiger partial charge in [0.15, 0.2) is 0 Å². The highest BCUT2D eigenvalue weighted by molar-refractivity contribution is 6.06. The lowest BCUT2D eigenvalue weighted by Gasteiger charge is -2.14. The van der Waals surface area contributed by atoms with Crippen molar-refractivity contribution in [3.8, 4) is 0 Å². The van der Waals surface area contributed by atoms with Gasteiger partial charge in [-0.25, -0.2) is 0 Å². The summed E-state index contributed by atoms with van der Waals surface area (Å²) in [6, 6.07) is 10.9. The number of amides is 2. The molecular weight excluding hydrogens is 314 g/mol. The zero-order chi connectivity index (χ0) is 18.4. The number of pyridine rings is 1. The number of hydrogen-bond acceptors (Lipinski definition) is 3. The number of rotatable bonds is 6. The number of carbonyl (C=O) groups excluding carboxylic acids is 2. The second kappa shape index (κ2) is 8.42. The molecular formula is C20H25N3O2. The largest absolute Gasteiger partial charge is 0.348 e. The molecule has 0 saturated heterocycles. The fraction of sp³-hybridized carbons (Fsp3) is 0.350. The van der Waals surface area contributed by atoms with Crippen LogP contribution in [0.4, 0.5) is 5.69 Å². The Bertz CT molecular complexity index is 756. The Balaban J connectivity index is 2.18. The molecule has 0 radical (unpaired) electrons. The predicted octanol–water partition coefficient (Wildman–Crippen LogP) is 3.99. The maximum Gasteiger partial charge on any atom is 0.270 e. The van der Waals surface area contributed by atoms with Crippen molar-refractivity contribution >= 4 is 17.5 Å². The first-order chi connectivity index (χ1) is 11.9. The topological polar surface area (TPSA) is 71.1 Å². The Morgan fingerprint density at radius 1 is 1.08 bits per heavy atom. The van der Waals surface area contributed by atoms with Crippen molar-refractivity contribution in [3.05, 3.63) is 59.4 Å². The fourth-order valence-electron chi connectivity index (χ4n) is 2.40. The molecule has 0 fully saturated rings. The zero-order valence-electron chi connectivity index (χ0n) is 15.2. The molecule has 132 valence electrons. The van der Waals surface area contributed by atoms with E-state index in [1.165, 1.54) is 12.3 Å². The first-order valence-electron chi connectivity index (χ1n) is 8.59. The Labute approximate surface area is 148 Å². The van der Waals surface area contributed by atoms with Gasteiger partial charge in [0.2, 0.25) is 0 Å². The van der Waals surface area contributed by atoms with Crippen molar-refractivity contribution in [3.63, 3.8) is 0 Å². The molecule has 0 saturated carbocycles. The van der Waals surface area contributed by atoms with Gasteiger partial charge >= 0.3 is 0 Å². The highest BCUT2D eigenvalue weighted by Gasteiger charge is 2.15. The van der Waals surface area contributed by atoms with Gasteiger partial charge in [0.25, 0.3) is 11.8 Å². The number of nitrogens with zero attached hydrogens (tertiary/aromatic N) is 1. The van der Waals surface area contributed by atoms with Crippen molar-refractivity contribution in [1.82, 2.24) is 10.3 Å². The van der Waals surface area contributed by atoms with Crippen LogP contribution in [0, 0.1) is 0 Å². The van der Waals surface area contributed by atoms with E-state index in [1.807, 2.05) is 38.1 Å². The molecule has 1 heterocycles. The quantitative estimate of drug-likeness (QED) is 0.836. The molecule has 1 unspecified atom stereocenters. The lowest BCUT2D eigenvalue weighted by Crippen LogP contribution is -2.32. The number of hydrogen-bond donors (Lipinski definition) is 2. The average molecular weight is 339 g/mol. The first kappa shape index (κ1) is 18.6. The predicted molar refractivity (Wildman–Crippen MR) is 99.9 cm³/mol. The van der Waals surface area contributed by atoms with Gasteiger partial charge in [-0.3, -0.25) is 14.6 Å². The van der Waals surface area contributed by atoms with E-state index in [-0.39, 0.29) is 23.6 Å². The van der Waals surface area contributed by atoms with E-state index in [0.29, 0.717) is 11.5 Å². The van der Waals surface area contributed by atoms with Crippen LogP contribution in [0.25, 0.3) is 0 Å². The van der Waals surface area contributed by atoms with Crippen LogP contribution in [0.3, 0.4) is 0 Å². The summed E-state index contributed by atoms with van der Waals surface area (Å²) in [6.45, 7) is 8.08. The van der Waals surface area contributed by atoms with Gasteiger partial charge < -0.3 is 10.6 Å². The molecule has 2 N–H and O–H groups in total. The van der Waals surface area contributed by atoms with E-state index >= 15 is 0 Å². The van der Waals surface area contributed by atoms with Gasteiger partial charge in [-0.2, -0.15) is 0 Å². The van der Waals surface area contributed by atoms with Gasteiger partial charge in [-0.15, -0.1) is 0 Å². The normalized spacial score (nSPS) is 11.9. The van der Waals surface area contributed by atoms with E-state index in [9.17, 15) is 9.59 Å². The third-order valence-electron chi connectivity index (χ3n) is 4.08. The highest BCUT2D eigenvalue weighted by atomic mass is 16.2. The first-order valence-corrected chi connectivity index (χ1v) is 8.59. The third kappa shape index (κ3) is 4.89. The van der Waals surface area contributed by atoms with Crippen molar-refractivity contribution in [2.45, 2.75) is 46.1 Å². The summed E-state index contributed by atoms with van der Waals surface area (Å²) < 4.78 is 0. The number of aromatic nitrogens is 1. The third-order valence-corrected chi connectivity index (χ3v) is 4.08. The Morgan fingerprint density at radius 2 is 1.80 bits per heavy atom. The fourth-order valence-corrected chi connectivity index (χ4v) is 2.40. The van der Waals surface area contributed by atoms with Crippen molar-refractivity contribution in [2.24, 2.45) is 0 Å². The number of carbonyl (C=O) groups is 2. The van der Waals surface area contributed by atoms with Gasteiger partial charge in [0.1, 0.15) is 5.69 Å².